The van der Waals surface area contributed by atoms with E-state index in [0.29, 0.717) is 13.0 Å². The molecule has 0 radical (unpaired) electrons. The molecule has 1 N–H and O–H groups in total. The van der Waals surface area contributed by atoms with Crippen LogP contribution in [0.3, 0.4) is 0 Å². The van der Waals surface area contributed by atoms with Crippen LogP contribution >= 0.6 is 11.3 Å². The minimum Gasteiger partial charge on any atom is -0.379 e. The fourth-order valence-electron chi connectivity index (χ4n) is 2.84. The maximum Gasteiger partial charge on any atom is 0.222 e. The SMILES string of the molecule is O=C(C[C@H](c1ccsc1)n1cccc1)NCCN1CCOCC1. The van der Waals surface area contributed by atoms with Gasteiger partial charge in [-0.15, -0.1) is 0 Å². The standard InChI is InChI=1S/C17H23N3O2S/c21-17(18-4-7-19-8-10-22-11-9-19)13-16(15-3-12-23-14-15)20-5-1-2-6-20/h1-3,5-6,12,14,16H,4,7-11,13H2,(H,18,21)/t16-/m1/s1. The maximum absolute atomic E-state index is 12.3. The number of nitrogens with zero attached hydrogens (tertiary/aromatic N) is 2. The smallest absolute Gasteiger partial charge is 0.222 e. The molecule has 2 aromatic heterocycles. The molecule has 0 aromatic carbocycles. The highest BCUT2D eigenvalue weighted by Crippen LogP contribution is 2.24. The van der Waals surface area contributed by atoms with E-state index in [4.69, 9.17) is 4.74 Å². The second kappa shape index (κ2) is 8.29. The van der Waals surface area contributed by atoms with E-state index in [1.165, 1.54) is 5.56 Å². The van der Waals surface area contributed by atoms with Gasteiger partial charge in [-0.25, -0.2) is 0 Å². The van der Waals surface area contributed by atoms with Crippen molar-refractivity contribution in [2.75, 3.05) is 39.4 Å². The van der Waals surface area contributed by atoms with Crippen LogP contribution in [0.1, 0.15) is 18.0 Å². The highest BCUT2D eigenvalue weighted by Gasteiger charge is 2.18. The third-order valence-corrected chi connectivity index (χ3v) is 4.85. The summed E-state index contributed by atoms with van der Waals surface area (Å²) >= 11 is 1.67. The largest absolute Gasteiger partial charge is 0.379 e. The van der Waals surface area contributed by atoms with Crippen molar-refractivity contribution in [1.29, 1.82) is 0 Å². The molecule has 1 saturated heterocycles. The number of hydrogen-bond donors (Lipinski definition) is 1. The number of amides is 1. The Bertz CT molecular complexity index is 543. The number of morpholine rings is 1. The van der Waals surface area contributed by atoms with Gasteiger partial charge in [-0.3, -0.25) is 9.69 Å². The normalized spacial score (nSPS) is 17.0. The highest BCUT2D eigenvalue weighted by atomic mass is 32.1. The molecule has 0 spiro atoms. The number of hydrogen-bond acceptors (Lipinski definition) is 4. The number of nitrogens with one attached hydrogen (secondary N) is 1. The third kappa shape index (κ3) is 4.67. The van der Waals surface area contributed by atoms with Gasteiger partial charge in [-0.1, -0.05) is 0 Å². The van der Waals surface area contributed by atoms with E-state index in [0.717, 1.165) is 32.8 Å². The summed E-state index contributed by atoms with van der Waals surface area (Å²) in [5.74, 6) is 0.100. The number of ether oxygens (including phenoxy) is 1. The minimum atomic E-state index is 0.0691. The minimum absolute atomic E-state index is 0.0691. The summed E-state index contributed by atoms with van der Waals surface area (Å²) in [6.45, 7) is 5.08. The van der Waals surface area contributed by atoms with Crippen LogP contribution in [0.4, 0.5) is 0 Å². The molecule has 124 valence electrons. The van der Waals surface area contributed by atoms with Crippen LogP contribution in [0.15, 0.2) is 41.4 Å². The summed E-state index contributed by atoms with van der Waals surface area (Å²) in [4.78, 5) is 14.6. The van der Waals surface area contributed by atoms with Gasteiger partial charge in [0.15, 0.2) is 0 Å². The van der Waals surface area contributed by atoms with Crippen molar-refractivity contribution < 1.29 is 9.53 Å². The Labute approximate surface area is 140 Å². The lowest BCUT2D eigenvalue weighted by molar-refractivity contribution is -0.121. The highest BCUT2D eigenvalue weighted by molar-refractivity contribution is 7.07. The molecule has 1 aliphatic heterocycles. The Balaban J connectivity index is 1.50. The average molecular weight is 333 g/mol. The Kier molecular flexibility index (Phi) is 5.85. The molecule has 0 saturated carbocycles. The molecule has 2 aromatic rings. The zero-order chi connectivity index (χ0) is 15.9. The Hall–Kier alpha value is -1.63. The zero-order valence-electron chi connectivity index (χ0n) is 13.2. The predicted octanol–water partition coefficient (Wildman–Crippen LogP) is 1.98. The second-order valence-corrected chi connectivity index (χ2v) is 6.49. The first-order chi connectivity index (χ1) is 11.3. The summed E-state index contributed by atoms with van der Waals surface area (Å²) in [5, 5.41) is 7.23. The first-order valence-electron chi connectivity index (χ1n) is 8.04. The van der Waals surface area contributed by atoms with E-state index in [2.05, 4.69) is 31.6 Å². The first-order valence-corrected chi connectivity index (χ1v) is 8.98. The molecule has 1 atom stereocenters. The summed E-state index contributed by atoms with van der Waals surface area (Å²) < 4.78 is 7.43. The predicted molar refractivity (Wildman–Crippen MR) is 91.8 cm³/mol. The Morgan fingerprint density at radius 2 is 2.09 bits per heavy atom. The summed E-state index contributed by atoms with van der Waals surface area (Å²) in [6, 6.07) is 6.15. The lowest BCUT2D eigenvalue weighted by atomic mass is 10.1. The number of rotatable bonds is 7. The van der Waals surface area contributed by atoms with E-state index < -0.39 is 0 Å². The molecule has 3 heterocycles. The van der Waals surface area contributed by atoms with Gasteiger partial charge in [0.1, 0.15) is 0 Å². The molecular weight excluding hydrogens is 310 g/mol. The lowest BCUT2D eigenvalue weighted by Crippen LogP contribution is -2.41. The molecule has 0 aliphatic carbocycles. The van der Waals surface area contributed by atoms with Crippen molar-refractivity contribution in [2.24, 2.45) is 0 Å². The third-order valence-electron chi connectivity index (χ3n) is 4.15. The number of aromatic nitrogens is 1. The first kappa shape index (κ1) is 16.2. The fourth-order valence-corrected chi connectivity index (χ4v) is 3.55. The fraction of sp³-hybridized carbons (Fsp3) is 0.471. The molecular formula is C17H23N3O2S. The van der Waals surface area contributed by atoms with E-state index in [9.17, 15) is 4.79 Å². The zero-order valence-corrected chi connectivity index (χ0v) is 14.0. The monoisotopic (exact) mass is 333 g/mol. The summed E-state index contributed by atoms with van der Waals surface area (Å²) in [6.07, 6.45) is 4.50. The quantitative estimate of drug-likeness (QED) is 0.843. The van der Waals surface area contributed by atoms with Crippen LogP contribution in [-0.4, -0.2) is 54.8 Å². The van der Waals surface area contributed by atoms with Crippen molar-refractivity contribution in [1.82, 2.24) is 14.8 Å². The topological polar surface area (TPSA) is 46.5 Å². The second-order valence-electron chi connectivity index (χ2n) is 5.71. The number of carbonyl (C=O) groups is 1. The van der Waals surface area contributed by atoms with Crippen molar-refractivity contribution in [3.05, 3.63) is 46.9 Å². The van der Waals surface area contributed by atoms with Crippen molar-refractivity contribution >= 4 is 17.2 Å². The Morgan fingerprint density at radius 1 is 1.30 bits per heavy atom. The van der Waals surface area contributed by atoms with Crippen molar-refractivity contribution in [2.45, 2.75) is 12.5 Å². The van der Waals surface area contributed by atoms with Crippen LogP contribution in [0.5, 0.6) is 0 Å². The van der Waals surface area contributed by atoms with Crippen LogP contribution in [0.2, 0.25) is 0 Å². The Morgan fingerprint density at radius 3 is 2.78 bits per heavy atom. The van der Waals surface area contributed by atoms with Gasteiger partial charge >= 0.3 is 0 Å². The van der Waals surface area contributed by atoms with Crippen molar-refractivity contribution in [3.63, 3.8) is 0 Å². The molecule has 1 amide bonds. The van der Waals surface area contributed by atoms with Gasteiger partial charge in [0.25, 0.3) is 0 Å². The summed E-state index contributed by atoms with van der Waals surface area (Å²) in [5.41, 5.74) is 1.19. The number of carbonyl (C=O) groups excluding carboxylic acids is 1. The van der Waals surface area contributed by atoms with Gasteiger partial charge < -0.3 is 14.6 Å². The van der Waals surface area contributed by atoms with E-state index in [1.807, 2.05) is 24.5 Å². The van der Waals surface area contributed by atoms with E-state index >= 15 is 0 Å². The van der Waals surface area contributed by atoms with E-state index in [1.54, 1.807) is 11.3 Å². The molecule has 23 heavy (non-hydrogen) atoms. The number of thiophene rings is 1. The molecule has 1 fully saturated rings. The molecule has 1 aliphatic rings. The van der Waals surface area contributed by atoms with Crippen LogP contribution in [-0.2, 0) is 9.53 Å². The molecule has 0 unspecified atom stereocenters. The van der Waals surface area contributed by atoms with Crippen LogP contribution in [0, 0.1) is 0 Å². The van der Waals surface area contributed by atoms with Gasteiger partial charge in [0.2, 0.25) is 5.91 Å². The maximum atomic E-state index is 12.3. The van der Waals surface area contributed by atoms with Gasteiger partial charge in [0.05, 0.1) is 25.7 Å². The van der Waals surface area contributed by atoms with E-state index in [-0.39, 0.29) is 11.9 Å². The molecule has 0 bridgehead atoms. The van der Waals surface area contributed by atoms with Crippen LogP contribution < -0.4 is 5.32 Å². The van der Waals surface area contributed by atoms with Crippen LogP contribution in [0.25, 0.3) is 0 Å². The van der Waals surface area contributed by atoms with Gasteiger partial charge in [-0.05, 0) is 34.5 Å². The summed E-state index contributed by atoms with van der Waals surface area (Å²) in [7, 11) is 0. The lowest BCUT2D eigenvalue weighted by Gasteiger charge is -2.26. The van der Waals surface area contributed by atoms with Gasteiger partial charge in [-0.2, -0.15) is 11.3 Å². The average Bonchev–Trinajstić information content (AvgIpc) is 3.27. The molecule has 6 heteroatoms. The molecule has 3 rings (SSSR count). The molecule has 5 nitrogen and oxygen atoms in total. The van der Waals surface area contributed by atoms with Gasteiger partial charge in [0, 0.05) is 38.6 Å². The van der Waals surface area contributed by atoms with Crippen molar-refractivity contribution in [3.8, 4) is 0 Å².